The van der Waals surface area contributed by atoms with Crippen molar-refractivity contribution in [3.8, 4) is 0 Å². The van der Waals surface area contributed by atoms with E-state index in [1.165, 1.54) is 0 Å². The second kappa shape index (κ2) is 6.81. The van der Waals surface area contributed by atoms with Gasteiger partial charge in [0.15, 0.2) is 0 Å². The van der Waals surface area contributed by atoms with Gasteiger partial charge >= 0.3 is 0 Å². The Bertz CT molecular complexity index is 1060. The van der Waals surface area contributed by atoms with Crippen molar-refractivity contribution in [1.82, 2.24) is 24.7 Å². The Morgan fingerprint density at radius 1 is 1.17 bits per heavy atom. The average molecular weight is 391 g/mol. The van der Waals surface area contributed by atoms with E-state index in [-0.39, 0.29) is 5.91 Å². The fourth-order valence-corrected chi connectivity index (χ4v) is 4.51. The topological polar surface area (TPSA) is 87.5 Å². The zero-order chi connectivity index (χ0) is 20.1. The minimum Gasteiger partial charge on any atom is -0.355 e. The Balaban J connectivity index is 1.25. The van der Waals surface area contributed by atoms with Crippen LogP contribution in [0.25, 0.3) is 5.65 Å². The van der Waals surface area contributed by atoms with Crippen molar-refractivity contribution in [2.75, 3.05) is 29.9 Å². The van der Waals surface area contributed by atoms with Crippen LogP contribution >= 0.6 is 0 Å². The monoisotopic (exact) mass is 391 g/mol. The van der Waals surface area contributed by atoms with Gasteiger partial charge in [-0.25, -0.2) is 15.0 Å². The lowest BCUT2D eigenvalue weighted by Crippen LogP contribution is -2.31. The number of pyridine rings is 1. The zero-order valence-electron chi connectivity index (χ0n) is 16.9. The number of piperidine rings is 1. The predicted molar refractivity (Wildman–Crippen MR) is 111 cm³/mol. The molecular weight excluding hydrogens is 366 g/mol. The summed E-state index contributed by atoms with van der Waals surface area (Å²) in [6.45, 7) is 9.11. The van der Waals surface area contributed by atoms with Gasteiger partial charge < -0.3 is 19.9 Å². The van der Waals surface area contributed by atoms with Crippen LogP contribution in [0.3, 0.4) is 0 Å². The number of aromatic nitrogens is 4. The molecule has 1 aliphatic carbocycles. The maximum atomic E-state index is 12.6. The van der Waals surface area contributed by atoms with Crippen molar-refractivity contribution in [3.05, 3.63) is 47.8 Å². The maximum absolute atomic E-state index is 12.6. The molecule has 8 heteroatoms. The highest BCUT2D eigenvalue weighted by Gasteiger charge is 2.55. The Labute approximate surface area is 169 Å². The summed E-state index contributed by atoms with van der Waals surface area (Å²) >= 11 is 0. The first-order valence-electron chi connectivity index (χ1n) is 10.1. The number of amides is 1. The van der Waals surface area contributed by atoms with E-state index in [0.717, 1.165) is 42.4 Å². The van der Waals surface area contributed by atoms with Crippen molar-refractivity contribution in [2.45, 2.75) is 26.8 Å². The molecule has 0 radical (unpaired) electrons. The molecule has 3 aromatic heterocycles. The van der Waals surface area contributed by atoms with Gasteiger partial charge in [-0.3, -0.25) is 4.79 Å². The van der Waals surface area contributed by atoms with Crippen molar-refractivity contribution in [1.29, 1.82) is 0 Å². The summed E-state index contributed by atoms with van der Waals surface area (Å²) < 4.78 is 1.93. The lowest BCUT2D eigenvalue weighted by molar-refractivity contribution is 0.102. The third kappa shape index (κ3) is 3.23. The van der Waals surface area contributed by atoms with Gasteiger partial charge in [0.25, 0.3) is 5.91 Å². The number of aryl methyl sites for hydroxylation is 2. The average Bonchev–Trinajstić information content (AvgIpc) is 3.04. The predicted octanol–water partition coefficient (Wildman–Crippen LogP) is 2.04. The molecule has 0 bridgehead atoms. The van der Waals surface area contributed by atoms with E-state index in [4.69, 9.17) is 0 Å². The second-order valence-electron chi connectivity index (χ2n) is 8.06. The molecule has 2 fully saturated rings. The number of hydrogen-bond acceptors (Lipinski definition) is 6. The molecule has 150 valence electrons. The maximum Gasteiger partial charge on any atom is 0.275 e. The molecule has 2 atom stereocenters. The van der Waals surface area contributed by atoms with Gasteiger partial charge in [-0.1, -0.05) is 6.92 Å². The first kappa shape index (κ1) is 18.1. The van der Waals surface area contributed by atoms with E-state index in [9.17, 15) is 4.79 Å². The summed E-state index contributed by atoms with van der Waals surface area (Å²) in [5.74, 6) is 2.00. The second-order valence-corrected chi connectivity index (χ2v) is 8.06. The number of carbonyl (C=O) groups is 1. The molecule has 1 saturated heterocycles. The van der Waals surface area contributed by atoms with Crippen LogP contribution in [0, 0.1) is 25.7 Å². The Hall–Kier alpha value is -3.00. The molecule has 1 amide bonds. The number of fused-ring (bicyclic) bond motifs is 2. The third-order valence-corrected chi connectivity index (χ3v) is 5.94. The summed E-state index contributed by atoms with van der Waals surface area (Å²) in [5.41, 5.74) is 3.85. The van der Waals surface area contributed by atoms with Gasteiger partial charge in [-0.15, -0.1) is 0 Å². The zero-order valence-corrected chi connectivity index (χ0v) is 16.9. The van der Waals surface area contributed by atoms with E-state index in [0.29, 0.717) is 29.3 Å². The molecule has 2 unspecified atom stereocenters. The van der Waals surface area contributed by atoms with Crippen molar-refractivity contribution < 1.29 is 4.79 Å². The molecule has 0 spiro atoms. The summed E-state index contributed by atoms with van der Waals surface area (Å²) in [7, 11) is 0. The van der Waals surface area contributed by atoms with Gasteiger partial charge in [0.2, 0.25) is 0 Å². The minimum atomic E-state index is -0.267. The van der Waals surface area contributed by atoms with Crippen LogP contribution in [-0.4, -0.2) is 50.9 Å². The molecule has 2 N–H and O–H groups in total. The normalized spacial score (nSPS) is 22.7. The van der Waals surface area contributed by atoms with Gasteiger partial charge in [-0.05, 0) is 43.9 Å². The van der Waals surface area contributed by atoms with E-state index in [1.54, 1.807) is 12.4 Å². The van der Waals surface area contributed by atoms with Crippen LogP contribution in [0.5, 0.6) is 0 Å². The third-order valence-electron chi connectivity index (χ3n) is 5.94. The highest BCUT2D eigenvalue weighted by atomic mass is 16.1. The molecule has 5 rings (SSSR count). The van der Waals surface area contributed by atoms with E-state index < -0.39 is 0 Å². The van der Waals surface area contributed by atoms with Gasteiger partial charge in [0.05, 0.1) is 23.8 Å². The molecule has 1 aliphatic heterocycles. The first-order valence-corrected chi connectivity index (χ1v) is 10.1. The molecule has 4 heterocycles. The quantitative estimate of drug-likeness (QED) is 0.692. The Morgan fingerprint density at radius 2 is 1.97 bits per heavy atom. The summed E-state index contributed by atoms with van der Waals surface area (Å²) in [6, 6.07) is 2.58. The smallest absolute Gasteiger partial charge is 0.275 e. The molecular formula is C21H25N7O. The standard InChI is InChI=1S/C21H25N7O/c1-4-22-19-15-10-27(11-16(15)19)18-7-23-17(6-24-18)21(29)26-14-5-12(2)20-25-13(3)8-28(20)9-14/h5-9,15-16,19,22H,4,10-11H2,1-3H3,(H,26,29). The van der Waals surface area contributed by atoms with Crippen molar-refractivity contribution >= 4 is 23.1 Å². The lowest BCUT2D eigenvalue weighted by Gasteiger charge is -2.20. The van der Waals surface area contributed by atoms with Crippen LogP contribution in [0.15, 0.2) is 30.9 Å². The Morgan fingerprint density at radius 3 is 2.66 bits per heavy atom. The molecule has 2 aliphatic rings. The summed E-state index contributed by atoms with van der Waals surface area (Å²) in [6.07, 6.45) is 7.06. The van der Waals surface area contributed by atoms with Crippen LogP contribution in [-0.2, 0) is 0 Å². The Kier molecular flexibility index (Phi) is 4.24. The fourth-order valence-electron chi connectivity index (χ4n) is 4.51. The highest BCUT2D eigenvalue weighted by molar-refractivity contribution is 6.02. The van der Waals surface area contributed by atoms with Crippen LogP contribution in [0.4, 0.5) is 11.5 Å². The van der Waals surface area contributed by atoms with Crippen LogP contribution in [0.2, 0.25) is 0 Å². The van der Waals surface area contributed by atoms with Gasteiger partial charge in [0, 0.05) is 31.5 Å². The number of nitrogens with one attached hydrogen (secondary N) is 2. The molecule has 3 aromatic rings. The van der Waals surface area contributed by atoms with Crippen molar-refractivity contribution in [2.24, 2.45) is 11.8 Å². The van der Waals surface area contributed by atoms with Crippen LogP contribution < -0.4 is 15.5 Å². The van der Waals surface area contributed by atoms with Gasteiger partial charge in [0.1, 0.15) is 17.2 Å². The van der Waals surface area contributed by atoms with Crippen LogP contribution in [0.1, 0.15) is 28.7 Å². The van der Waals surface area contributed by atoms with E-state index >= 15 is 0 Å². The van der Waals surface area contributed by atoms with E-state index in [1.807, 2.05) is 36.7 Å². The SMILES string of the molecule is CCNC1C2CN(c3cnc(C(=O)Nc4cc(C)c5nc(C)cn5c4)cn3)CC21. The largest absolute Gasteiger partial charge is 0.355 e. The summed E-state index contributed by atoms with van der Waals surface area (Å²) in [5, 5.41) is 6.45. The number of carbonyl (C=O) groups excluding carboxylic acids is 1. The van der Waals surface area contributed by atoms with E-state index in [2.05, 4.69) is 37.4 Å². The minimum absolute atomic E-state index is 0.267. The molecule has 8 nitrogen and oxygen atoms in total. The number of imidazole rings is 1. The number of hydrogen-bond donors (Lipinski definition) is 2. The molecule has 1 saturated carbocycles. The summed E-state index contributed by atoms with van der Waals surface area (Å²) in [4.78, 5) is 28.2. The fraction of sp³-hybridized carbons (Fsp3) is 0.429. The van der Waals surface area contributed by atoms with Gasteiger partial charge in [-0.2, -0.15) is 0 Å². The highest BCUT2D eigenvalue weighted by Crippen LogP contribution is 2.46. The lowest BCUT2D eigenvalue weighted by atomic mass is 10.2. The number of rotatable bonds is 5. The molecule has 0 aromatic carbocycles. The number of nitrogens with zero attached hydrogens (tertiary/aromatic N) is 5. The number of anilines is 2. The molecule has 29 heavy (non-hydrogen) atoms. The van der Waals surface area contributed by atoms with Crippen molar-refractivity contribution in [3.63, 3.8) is 0 Å². The first-order chi connectivity index (χ1) is 14.0.